The molecule has 0 aromatic heterocycles. The lowest BCUT2D eigenvalue weighted by atomic mass is 9.86. The van der Waals surface area contributed by atoms with Gasteiger partial charge in [-0.25, -0.2) is 8.42 Å². The molecule has 38 heavy (non-hydrogen) atoms. The second kappa shape index (κ2) is 10.8. The van der Waals surface area contributed by atoms with E-state index in [1.54, 1.807) is 36.4 Å². The summed E-state index contributed by atoms with van der Waals surface area (Å²) in [6, 6.07) is 20.1. The van der Waals surface area contributed by atoms with E-state index >= 15 is 0 Å². The van der Waals surface area contributed by atoms with Crippen LogP contribution in [0.2, 0.25) is 0 Å². The lowest BCUT2D eigenvalue weighted by Crippen LogP contribution is -2.44. The van der Waals surface area contributed by atoms with Crippen LogP contribution >= 0.6 is 0 Å². The standard InChI is InChI=1S/C30H33NO6S/c1-20(31-13-15-35-16-14-31)19-36-25-10-7-22(8-11-25)30-29(23-5-4-6-26(17-23)38(3,33)34)21(2)27-18-24(32)9-12-28(27)37-30/h4-12,17-18,20,30,32H,13-16,19H2,1-3H3/t20-,30?/m0/s1. The van der Waals surface area contributed by atoms with Gasteiger partial charge in [0.25, 0.3) is 0 Å². The van der Waals surface area contributed by atoms with Gasteiger partial charge in [0.05, 0.1) is 18.1 Å². The second-order valence-corrected chi connectivity index (χ2v) is 11.9. The van der Waals surface area contributed by atoms with Crippen LogP contribution in [0.3, 0.4) is 0 Å². The summed E-state index contributed by atoms with van der Waals surface area (Å²) in [5.74, 6) is 1.58. The molecule has 0 radical (unpaired) electrons. The highest BCUT2D eigenvalue weighted by molar-refractivity contribution is 7.90. The summed E-state index contributed by atoms with van der Waals surface area (Å²) in [7, 11) is -3.39. The van der Waals surface area contributed by atoms with E-state index in [0.717, 1.165) is 59.9 Å². The molecule has 1 N–H and O–H groups in total. The van der Waals surface area contributed by atoms with Gasteiger partial charge in [-0.3, -0.25) is 4.90 Å². The molecule has 1 saturated heterocycles. The van der Waals surface area contributed by atoms with E-state index in [1.807, 2.05) is 37.3 Å². The van der Waals surface area contributed by atoms with Gasteiger partial charge >= 0.3 is 0 Å². The molecule has 8 heteroatoms. The number of morpholine rings is 1. The highest BCUT2D eigenvalue weighted by atomic mass is 32.2. The fourth-order valence-electron chi connectivity index (χ4n) is 5.02. The van der Waals surface area contributed by atoms with Crippen LogP contribution in [0.25, 0.3) is 11.1 Å². The van der Waals surface area contributed by atoms with Gasteiger partial charge in [0.2, 0.25) is 0 Å². The summed E-state index contributed by atoms with van der Waals surface area (Å²) in [5.41, 5.74) is 4.21. The van der Waals surface area contributed by atoms with Crippen molar-refractivity contribution >= 4 is 21.0 Å². The number of hydrogen-bond acceptors (Lipinski definition) is 7. The number of benzene rings is 3. The van der Waals surface area contributed by atoms with Crippen molar-refractivity contribution < 1.29 is 27.7 Å². The molecular weight excluding hydrogens is 502 g/mol. The Morgan fingerprint density at radius 1 is 1.05 bits per heavy atom. The zero-order valence-corrected chi connectivity index (χ0v) is 22.7. The number of sulfone groups is 1. The van der Waals surface area contributed by atoms with Gasteiger partial charge in [-0.15, -0.1) is 0 Å². The van der Waals surface area contributed by atoms with E-state index in [2.05, 4.69) is 11.8 Å². The molecule has 200 valence electrons. The Morgan fingerprint density at radius 3 is 2.50 bits per heavy atom. The summed E-state index contributed by atoms with van der Waals surface area (Å²) in [6.45, 7) is 8.05. The van der Waals surface area contributed by atoms with Crippen LogP contribution in [-0.4, -0.2) is 63.6 Å². The fourth-order valence-corrected chi connectivity index (χ4v) is 5.68. The number of fused-ring (bicyclic) bond motifs is 1. The van der Waals surface area contributed by atoms with Crippen molar-refractivity contribution in [1.29, 1.82) is 0 Å². The van der Waals surface area contributed by atoms with Gasteiger partial charge in [-0.2, -0.15) is 0 Å². The lowest BCUT2D eigenvalue weighted by molar-refractivity contribution is 0.0105. The third-order valence-corrected chi connectivity index (χ3v) is 8.30. The van der Waals surface area contributed by atoms with Gasteiger partial charge in [0.1, 0.15) is 30.0 Å². The number of nitrogens with zero attached hydrogens (tertiary/aromatic N) is 1. The van der Waals surface area contributed by atoms with Crippen LogP contribution in [0, 0.1) is 0 Å². The van der Waals surface area contributed by atoms with Crippen molar-refractivity contribution in [2.75, 3.05) is 39.2 Å². The van der Waals surface area contributed by atoms with Crippen molar-refractivity contribution in [2.24, 2.45) is 0 Å². The molecule has 2 atom stereocenters. The van der Waals surface area contributed by atoms with Gasteiger partial charge in [-0.1, -0.05) is 24.3 Å². The van der Waals surface area contributed by atoms with Crippen molar-refractivity contribution in [1.82, 2.24) is 4.90 Å². The first kappa shape index (κ1) is 26.3. The van der Waals surface area contributed by atoms with Crippen LogP contribution in [0.1, 0.15) is 36.6 Å². The zero-order chi connectivity index (χ0) is 26.9. The Bertz CT molecular complexity index is 1440. The summed E-state index contributed by atoms with van der Waals surface area (Å²) < 4.78 is 42.6. The number of ether oxygens (including phenoxy) is 3. The predicted octanol–water partition coefficient (Wildman–Crippen LogP) is 4.96. The van der Waals surface area contributed by atoms with Crippen molar-refractivity contribution in [2.45, 2.75) is 30.9 Å². The minimum Gasteiger partial charge on any atom is -0.508 e. The number of rotatable bonds is 7. The number of phenolic OH excluding ortho intramolecular Hbond substituents is 1. The Morgan fingerprint density at radius 2 is 1.79 bits per heavy atom. The third-order valence-electron chi connectivity index (χ3n) is 7.19. The molecule has 3 aromatic carbocycles. The van der Waals surface area contributed by atoms with Gasteiger partial charge in [-0.05, 0) is 73.0 Å². The summed E-state index contributed by atoms with van der Waals surface area (Å²) in [4.78, 5) is 2.61. The van der Waals surface area contributed by atoms with E-state index in [1.165, 1.54) is 6.26 Å². The molecule has 2 aliphatic heterocycles. The molecule has 0 bridgehead atoms. The minimum absolute atomic E-state index is 0.141. The quantitative estimate of drug-likeness (QED) is 0.458. The maximum atomic E-state index is 12.3. The Balaban J connectivity index is 1.45. The molecule has 2 aliphatic rings. The molecule has 0 saturated carbocycles. The van der Waals surface area contributed by atoms with Crippen molar-refractivity contribution in [3.8, 4) is 17.2 Å². The van der Waals surface area contributed by atoms with Gasteiger partial charge in [0.15, 0.2) is 9.84 Å². The normalized spacial score (nSPS) is 19.0. The lowest BCUT2D eigenvalue weighted by Gasteiger charge is -2.32. The van der Waals surface area contributed by atoms with Crippen molar-refractivity contribution in [3.05, 3.63) is 83.4 Å². The molecule has 7 nitrogen and oxygen atoms in total. The third kappa shape index (κ3) is 5.57. The second-order valence-electron chi connectivity index (χ2n) is 9.89. The Hall–Kier alpha value is -3.33. The number of allylic oxidation sites excluding steroid dienone is 1. The van der Waals surface area contributed by atoms with E-state index < -0.39 is 15.9 Å². The first-order chi connectivity index (χ1) is 18.2. The molecule has 1 fully saturated rings. The number of hydrogen-bond donors (Lipinski definition) is 1. The average Bonchev–Trinajstić information content (AvgIpc) is 2.92. The highest BCUT2D eigenvalue weighted by Gasteiger charge is 2.30. The zero-order valence-electron chi connectivity index (χ0n) is 21.9. The molecule has 0 amide bonds. The molecule has 3 aromatic rings. The molecule has 2 heterocycles. The van der Waals surface area contributed by atoms with Crippen LogP contribution < -0.4 is 9.47 Å². The molecular formula is C30H33NO6S. The van der Waals surface area contributed by atoms with Gasteiger partial charge in [0, 0.05) is 36.5 Å². The van der Waals surface area contributed by atoms with Crippen LogP contribution in [0.15, 0.2) is 71.6 Å². The summed E-state index contributed by atoms with van der Waals surface area (Å²) in [6.07, 6.45) is 0.733. The fraction of sp³-hybridized carbons (Fsp3) is 0.333. The van der Waals surface area contributed by atoms with E-state index in [9.17, 15) is 13.5 Å². The Labute approximate surface area is 224 Å². The highest BCUT2D eigenvalue weighted by Crippen LogP contribution is 2.47. The van der Waals surface area contributed by atoms with Crippen LogP contribution in [-0.2, 0) is 14.6 Å². The first-order valence-electron chi connectivity index (χ1n) is 12.8. The smallest absolute Gasteiger partial charge is 0.175 e. The first-order valence-corrected chi connectivity index (χ1v) is 14.7. The maximum Gasteiger partial charge on any atom is 0.175 e. The Kier molecular flexibility index (Phi) is 7.47. The van der Waals surface area contributed by atoms with Crippen LogP contribution in [0.5, 0.6) is 17.2 Å². The van der Waals surface area contributed by atoms with Crippen LogP contribution in [0.4, 0.5) is 0 Å². The van der Waals surface area contributed by atoms with E-state index in [4.69, 9.17) is 14.2 Å². The molecule has 5 rings (SSSR count). The molecule has 0 aliphatic carbocycles. The summed E-state index contributed by atoms with van der Waals surface area (Å²) in [5, 5.41) is 10.1. The molecule has 0 spiro atoms. The SMILES string of the molecule is CC1=C(c2cccc(S(C)(=O)=O)c2)C(c2ccc(OC[C@H](C)N3CCOCC3)cc2)Oc2ccc(O)cc21. The van der Waals surface area contributed by atoms with Crippen molar-refractivity contribution in [3.63, 3.8) is 0 Å². The monoisotopic (exact) mass is 535 g/mol. The number of aromatic hydroxyl groups is 1. The minimum atomic E-state index is -3.39. The largest absolute Gasteiger partial charge is 0.508 e. The van der Waals surface area contributed by atoms with Gasteiger partial charge < -0.3 is 19.3 Å². The summed E-state index contributed by atoms with van der Waals surface area (Å²) >= 11 is 0. The topological polar surface area (TPSA) is 85.3 Å². The maximum absolute atomic E-state index is 12.3. The van der Waals surface area contributed by atoms with E-state index in [0.29, 0.717) is 12.4 Å². The molecule has 1 unspecified atom stereocenters. The number of phenols is 1. The predicted molar refractivity (Wildman–Crippen MR) is 147 cm³/mol. The van der Waals surface area contributed by atoms with E-state index in [-0.39, 0.29) is 16.7 Å². The average molecular weight is 536 g/mol.